The Balaban J connectivity index is 2.25. The number of anilines is 1. The molecule has 1 aliphatic heterocycles. The molecule has 2 amide bonds. The van der Waals surface area contributed by atoms with Gasteiger partial charge in [0.25, 0.3) is 5.91 Å². The van der Waals surface area contributed by atoms with E-state index in [9.17, 15) is 14.0 Å². The first-order valence-electron chi connectivity index (χ1n) is 5.44. The van der Waals surface area contributed by atoms with Gasteiger partial charge in [0.15, 0.2) is 11.5 Å². The van der Waals surface area contributed by atoms with Crippen LogP contribution in [0.1, 0.15) is 17.4 Å². The average molecular weight is 256 g/mol. The van der Waals surface area contributed by atoms with Crippen LogP contribution >= 0.6 is 0 Å². The van der Waals surface area contributed by atoms with E-state index in [2.05, 4.69) is 21.3 Å². The molecule has 0 aliphatic carbocycles. The summed E-state index contributed by atoms with van der Waals surface area (Å²) in [7, 11) is 0. The highest BCUT2D eigenvalue weighted by Gasteiger charge is 2.28. The summed E-state index contributed by atoms with van der Waals surface area (Å²) in [4.78, 5) is 27.4. The maximum atomic E-state index is 12.2. The molecule has 9 heteroatoms. The molecule has 0 radical (unpaired) electrons. The van der Waals surface area contributed by atoms with Crippen molar-refractivity contribution >= 4 is 17.8 Å². The number of amides is 2. The molecule has 0 atom stereocenters. The highest BCUT2D eigenvalue weighted by molar-refractivity contribution is 5.99. The van der Waals surface area contributed by atoms with E-state index in [1.54, 1.807) is 6.92 Å². The lowest BCUT2D eigenvalue weighted by Crippen LogP contribution is -2.53. The van der Waals surface area contributed by atoms with E-state index in [0.29, 0.717) is 6.54 Å². The zero-order chi connectivity index (χ0) is 13.1. The summed E-state index contributed by atoms with van der Waals surface area (Å²) in [6.07, 6.45) is 1.22. The van der Waals surface area contributed by atoms with E-state index >= 15 is 0 Å². The van der Waals surface area contributed by atoms with Gasteiger partial charge in [0.1, 0.15) is 13.0 Å². The lowest BCUT2D eigenvalue weighted by Gasteiger charge is -2.28. The van der Waals surface area contributed by atoms with Crippen LogP contribution in [0.25, 0.3) is 0 Å². The quantitative estimate of drug-likeness (QED) is 0.689. The van der Waals surface area contributed by atoms with Crippen LogP contribution < -0.4 is 16.3 Å². The number of halogens is 1. The minimum Gasteiger partial charge on any atom is -0.351 e. The summed E-state index contributed by atoms with van der Waals surface area (Å²) in [5, 5.41) is 3.63. The molecule has 0 spiro atoms. The number of carbonyl (C=O) groups excluding carboxylic acids is 2. The smallest absolute Gasteiger partial charge is 0.346 e. The number of hydrazine groups is 2. The fraction of sp³-hybridized carbons (Fsp3) is 0.444. The van der Waals surface area contributed by atoms with Gasteiger partial charge < -0.3 is 5.32 Å². The highest BCUT2D eigenvalue weighted by atomic mass is 19.1. The second-order valence-electron chi connectivity index (χ2n) is 3.53. The first kappa shape index (κ1) is 12.3. The molecule has 0 fully saturated rings. The second-order valence-corrected chi connectivity index (χ2v) is 3.53. The molecular formula is C9H13FN6O2. The van der Waals surface area contributed by atoms with Crippen molar-refractivity contribution in [2.24, 2.45) is 0 Å². The van der Waals surface area contributed by atoms with Crippen molar-refractivity contribution in [3.05, 3.63) is 12.0 Å². The fourth-order valence-electron chi connectivity index (χ4n) is 1.56. The molecular weight excluding hydrogens is 243 g/mol. The molecule has 3 N–H and O–H groups in total. The molecule has 18 heavy (non-hydrogen) atoms. The fourth-order valence-corrected chi connectivity index (χ4v) is 1.56. The normalized spacial score (nSPS) is 14.1. The molecule has 0 bridgehead atoms. The van der Waals surface area contributed by atoms with E-state index in [-0.39, 0.29) is 24.0 Å². The number of rotatable bonds is 4. The molecule has 1 aromatic heterocycles. The number of nitrogens with one attached hydrogen (secondary N) is 3. The first-order valence-corrected chi connectivity index (χ1v) is 5.44. The Kier molecular flexibility index (Phi) is 3.42. The molecule has 0 saturated carbocycles. The van der Waals surface area contributed by atoms with Crippen molar-refractivity contribution in [2.45, 2.75) is 6.92 Å². The third-order valence-electron chi connectivity index (χ3n) is 2.37. The summed E-state index contributed by atoms with van der Waals surface area (Å²) in [6, 6.07) is -0.496. The molecule has 98 valence electrons. The van der Waals surface area contributed by atoms with Crippen LogP contribution in [0, 0.1) is 0 Å². The third-order valence-corrected chi connectivity index (χ3v) is 2.37. The van der Waals surface area contributed by atoms with Gasteiger partial charge >= 0.3 is 6.03 Å². The monoisotopic (exact) mass is 256 g/mol. The van der Waals surface area contributed by atoms with Gasteiger partial charge in [-0.15, -0.1) is 5.53 Å². The Morgan fingerprint density at radius 2 is 2.39 bits per heavy atom. The number of hydrogen-bond acceptors (Lipinski definition) is 5. The number of aromatic nitrogens is 2. The van der Waals surface area contributed by atoms with E-state index < -0.39 is 12.7 Å². The van der Waals surface area contributed by atoms with Gasteiger partial charge in [-0.1, -0.05) is 0 Å². The Bertz CT molecular complexity index is 474. The second kappa shape index (κ2) is 5.00. The van der Waals surface area contributed by atoms with Gasteiger partial charge in [0.05, 0.1) is 6.54 Å². The van der Waals surface area contributed by atoms with Crippen LogP contribution in [0.15, 0.2) is 6.33 Å². The van der Waals surface area contributed by atoms with Crippen molar-refractivity contribution in [1.29, 1.82) is 0 Å². The Hall–Kier alpha value is -2.16. The highest BCUT2D eigenvalue weighted by Crippen LogP contribution is 2.17. The van der Waals surface area contributed by atoms with Crippen LogP contribution in [-0.4, -0.2) is 46.3 Å². The van der Waals surface area contributed by atoms with E-state index in [0.717, 1.165) is 9.58 Å². The lowest BCUT2D eigenvalue weighted by molar-refractivity contribution is 0.0951. The van der Waals surface area contributed by atoms with Gasteiger partial charge in [0, 0.05) is 6.54 Å². The van der Waals surface area contributed by atoms with Gasteiger partial charge in [-0.05, 0) is 6.92 Å². The van der Waals surface area contributed by atoms with Crippen molar-refractivity contribution in [2.75, 3.05) is 25.2 Å². The standard InChI is InChI=1S/C9H13FN6O2/c1-2-11-8(17)6-7-13-14-16(4-3-10)9(18)15(7)5-12-6/h5,13-14H,2-4H2,1H3,(H,11,17). The number of alkyl halides is 1. The minimum atomic E-state index is -0.673. The summed E-state index contributed by atoms with van der Waals surface area (Å²) in [6.45, 7) is 1.47. The van der Waals surface area contributed by atoms with E-state index in [1.807, 2.05) is 0 Å². The summed E-state index contributed by atoms with van der Waals surface area (Å²) in [5.41, 5.74) is 5.26. The summed E-state index contributed by atoms with van der Waals surface area (Å²) in [5.74, 6) is -0.145. The van der Waals surface area contributed by atoms with Crippen molar-refractivity contribution in [3.8, 4) is 0 Å². The number of carbonyl (C=O) groups is 2. The largest absolute Gasteiger partial charge is 0.351 e. The predicted octanol–water partition coefficient (Wildman–Crippen LogP) is -0.282. The number of fused-ring (bicyclic) bond motifs is 1. The van der Waals surface area contributed by atoms with Crippen LogP contribution in [0.3, 0.4) is 0 Å². The number of imidazole rings is 1. The molecule has 0 saturated heterocycles. The number of nitrogens with zero attached hydrogens (tertiary/aromatic N) is 3. The molecule has 0 aromatic carbocycles. The van der Waals surface area contributed by atoms with E-state index in [4.69, 9.17) is 0 Å². The minimum absolute atomic E-state index is 0.0973. The van der Waals surface area contributed by atoms with Crippen LogP contribution in [0.4, 0.5) is 15.0 Å². The average Bonchev–Trinajstić information content (AvgIpc) is 2.78. The van der Waals surface area contributed by atoms with Gasteiger partial charge in [-0.25, -0.2) is 23.7 Å². The SMILES string of the molecule is CCNC(=O)c1ncn2c1NNN(CCF)C2=O. The zero-order valence-electron chi connectivity index (χ0n) is 9.73. The van der Waals surface area contributed by atoms with Crippen molar-refractivity contribution < 1.29 is 14.0 Å². The third kappa shape index (κ3) is 1.99. The molecule has 0 unspecified atom stereocenters. The topological polar surface area (TPSA) is 91.3 Å². The van der Waals surface area contributed by atoms with E-state index in [1.165, 1.54) is 6.33 Å². The van der Waals surface area contributed by atoms with Gasteiger partial charge in [-0.3, -0.25) is 10.2 Å². The Morgan fingerprint density at radius 1 is 1.61 bits per heavy atom. The van der Waals surface area contributed by atoms with Crippen LogP contribution in [0.5, 0.6) is 0 Å². The predicted molar refractivity (Wildman–Crippen MR) is 60.5 cm³/mol. The Labute approximate surface area is 102 Å². The molecule has 8 nitrogen and oxygen atoms in total. The molecule has 2 rings (SSSR count). The summed E-state index contributed by atoms with van der Waals surface area (Å²) >= 11 is 0. The maximum Gasteiger partial charge on any atom is 0.346 e. The van der Waals surface area contributed by atoms with Crippen molar-refractivity contribution in [1.82, 2.24) is 25.4 Å². The van der Waals surface area contributed by atoms with Crippen LogP contribution in [0.2, 0.25) is 0 Å². The maximum absolute atomic E-state index is 12.2. The molecule has 2 heterocycles. The van der Waals surface area contributed by atoms with Crippen molar-refractivity contribution in [3.63, 3.8) is 0 Å². The lowest BCUT2D eigenvalue weighted by atomic mass is 10.4. The Morgan fingerprint density at radius 3 is 3.06 bits per heavy atom. The number of hydrogen-bond donors (Lipinski definition) is 3. The van der Waals surface area contributed by atoms with Gasteiger partial charge in [-0.2, -0.15) is 0 Å². The summed E-state index contributed by atoms with van der Waals surface area (Å²) < 4.78 is 13.4. The zero-order valence-corrected chi connectivity index (χ0v) is 9.73. The van der Waals surface area contributed by atoms with Crippen LogP contribution in [-0.2, 0) is 0 Å². The van der Waals surface area contributed by atoms with Gasteiger partial charge in [0.2, 0.25) is 0 Å². The first-order chi connectivity index (χ1) is 8.69. The molecule has 1 aliphatic rings. The molecule has 1 aromatic rings.